The van der Waals surface area contributed by atoms with Gasteiger partial charge in [0.2, 0.25) is 0 Å². The van der Waals surface area contributed by atoms with Crippen molar-refractivity contribution in [2.24, 2.45) is 0 Å². The fourth-order valence-electron chi connectivity index (χ4n) is 2.25. The molecule has 1 aromatic heterocycles. The Labute approximate surface area is 120 Å². The lowest BCUT2D eigenvalue weighted by Crippen LogP contribution is -2.21. The Morgan fingerprint density at radius 3 is 2.74 bits per heavy atom. The molecule has 1 fully saturated rings. The standard InChI is InChI=1S/C14H12Cl2N2O/c15-12-8-17-18(14(19)13(12)16)11-6-2-5-10(7-11)9-3-1-4-9/h2,5-9H,1,3-4H2. The highest BCUT2D eigenvalue weighted by Gasteiger charge is 2.20. The highest BCUT2D eigenvalue weighted by Crippen LogP contribution is 2.36. The van der Waals surface area contributed by atoms with Crippen LogP contribution in [0.5, 0.6) is 0 Å². The van der Waals surface area contributed by atoms with Gasteiger partial charge < -0.3 is 0 Å². The average molecular weight is 295 g/mol. The van der Waals surface area contributed by atoms with Crippen LogP contribution >= 0.6 is 23.2 Å². The molecule has 1 aromatic carbocycles. The van der Waals surface area contributed by atoms with Gasteiger partial charge in [0.05, 0.1) is 16.9 Å². The fourth-order valence-corrected chi connectivity index (χ4v) is 2.50. The summed E-state index contributed by atoms with van der Waals surface area (Å²) in [5, 5.41) is 4.23. The van der Waals surface area contributed by atoms with E-state index in [1.165, 1.54) is 35.7 Å². The second kappa shape index (κ2) is 4.99. The first-order valence-electron chi connectivity index (χ1n) is 6.20. The Kier molecular flexibility index (Phi) is 3.33. The zero-order valence-electron chi connectivity index (χ0n) is 10.1. The normalized spacial score (nSPS) is 15.3. The summed E-state index contributed by atoms with van der Waals surface area (Å²) in [6, 6.07) is 7.89. The van der Waals surface area contributed by atoms with E-state index in [0.29, 0.717) is 5.92 Å². The third-order valence-corrected chi connectivity index (χ3v) is 4.32. The maximum absolute atomic E-state index is 12.0. The molecule has 0 unspecified atom stereocenters. The van der Waals surface area contributed by atoms with Crippen molar-refractivity contribution in [2.45, 2.75) is 25.2 Å². The molecule has 1 aliphatic rings. The molecule has 0 amide bonds. The summed E-state index contributed by atoms with van der Waals surface area (Å²) in [6.45, 7) is 0. The molecule has 0 spiro atoms. The highest BCUT2D eigenvalue weighted by molar-refractivity contribution is 6.41. The molecule has 0 N–H and O–H groups in total. The number of hydrogen-bond acceptors (Lipinski definition) is 2. The van der Waals surface area contributed by atoms with Crippen molar-refractivity contribution in [1.29, 1.82) is 0 Å². The number of nitrogens with zero attached hydrogens (tertiary/aromatic N) is 2. The lowest BCUT2D eigenvalue weighted by molar-refractivity contribution is 0.419. The predicted octanol–water partition coefficient (Wildman–Crippen LogP) is 3.81. The molecule has 0 atom stereocenters. The third-order valence-electron chi connectivity index (χ3n) is 3.57. The summed E-state index contributed by atoms with van der Waals surface area (Å²) in [4.78, 5) is 12.0. The van der Waals surface area contributed by atoms with Crippen LogP contribution in [-0.4, -0.2) is 9.78 Å². The van der Waals surface area contributed by atoms with Gasteiger partial charge in [0.25, 0.3) is 5.56 Å². The molecular formula is C14H12Cl2N2O. The Morgan fingerprint density at radius 1 is 1.26 bits per heavy atom. The molecule has 98 valence electrons. The molecular weight excluding hydrogens is 283 g/mol. The predicted molar refractivity (Wildman–Crippen MR) is 76.4 cm³/mol. The van der Waals surface area contributed by atoms with E-state index in [1.54, 1.807) is 0 Å². The molecule has 3 nitrogen and oxygen atoms in total. The van der Waals surface area contributed by atoms with Gasteiger partial charge in [-0.3, -0.25) is 4.79 Å². The van der Waals surface area contributed by atoms with Crippen molar-refractivity contribution in [2.75, 3.05) is 0 Å². The quantitative estimate of drug-likeness (QED) is 0.844. The Morgan fingerprint density at radius 2 is 2.05 bits per heavy atom. The van der Waals surface area contributed by atoms with Gasteiger partial charge in [-0.1, -0.05) is 41.8 Å². The molecule has 19 heavy (non-hydrogen) atoms. The molecule has 0 radical (unpaired) electrons. The van der Waals surface area contributed by atoms with Gasteiger partial charge in [0.1, 0.15) is 5.02 Å². The molecule has 0 bridgehead atoms. The summed E-state index contributed by atoms with van der Waals surface area (Å²) in [6.07, 6.45) is 5.10. The van der Waals surface area contributed by atoms with Crippen molar-refractivity contribution >= 4 is 23.2 Å². The fraction of sp³-hybridized carbons (Fsp3) is 0.286. The second-order valence-electron chi connectivity index (χ2n) is 4.75. The summed E-state index contributed by atoms with van der Waals surface area (Å²) < 4.78 is 1.29. The lowest BCUT2D eigenvalue weighted by atomic mass is 9.80. The zero-order chi connectivity index (χ0) is 13.4. The zero-order valence-corrected chi connectivity index (χ0v) is 11.7. The first kappa shape index (κ1) is 12.7. The monoisotopic (exact) mass is 294 g/mol. The number of halogens is 2. The summed E-state index contributed by atoms with van der Waals surface area (Å²) in [7, 11) is 0. The van der Waals surface area contributed by atoms with Gasteiger partial charge in [-0.05, 0) is 36.5 Å². The number of rotatable bonds is 2. The third kappa shape index (κ3) is 2.28. The number of benzene rings is 1. The summed E-state index contributed by atoms with van der Waals surface area (Å²) in [5.74, 6) is 0.610. The van der Waals surface area contributed by atoms with Crippen molar-refractivity contribution in [3.8, 4) is 5.69 Å². The van der Waals surface area contributed by atoms with E-state index in [-0.39, 0.29) is 15.6 Å². The molecule has 3 rings (SSSR count). The average Bonchev–Trinajstić information content (AvgIpc) is 2.34. The minimum absolute atomic E-state index is 0.00529. The molecule has 0 aliphatic heterocycles. The largest absolute Gasteiger partial charge is 0.291 e. The van der Waals surface area contributed by atoms with Crippen molar-refractivity contribution < 1.29 is 0 Å². The van der Waals surface area contributed by atoms with Crippen molar-refractivity contribution in [3.63, 3.8) is 0 Å². The molecule has 1 heterocycles. The summed E-state index contributed by atoms with van der Waals surface area (Å²) >= 11 is 11.6. The van der Waals surface area contributed by atoms with Crippen LogP contribution < -0.4 is 5.56 Å². The Bertz CT molecular complexity index is 677. The van der Waals surface area contributed by atoms with Gasteiger partial charge in [0, 0.05) is 0 Å². The lowest BCUT2D eigenvalue weighted by Gasteiger charge is -2.26. The Balaban J connectivity index is 2.07. The molecule has 5 heteroatoms. The maximum atomic E-state index is 12.0. The van der Waals surface area contributed by atoms with Crippen LogP contribution in [0.4, 0.5) is 0 Å². The molecule has 2 aromatic rings. The SMILES string of the molecule is O=c1c(Cl)c(Cl)cnn1-c1cccc(C2CCC2)c1. The van der Waals surface area contributed by atoms with E-state index < -0.39 is 0 Å². The van der Waals surface area contributed by atoms with E-state index >= 15 is 0 Å². The van der Waals surface area contributed by atoms with Crippen LogP contribution in [0.15, 0.2) is 35.3 Å². The first-order chi connectivity index (χ1) is 9.16. The van der Waals surface area contributed by atoms with Gasteiger partial charge in [-0.25, -0.2) is 0 Å². The van der Waals surface area contributed by atoms with E-state index in [0.717, 1.165) is 5.69 Å². The van der Waals surface area contributed by atoms with Crippen molar-refractivity contribution in [1.82, 2.24) is 9.78 Å². The van der Waals surface area contributed by atoms with Crippen LogP contribution in [0, 0.1) is 0 Å². The van der Waals surface area contributed by atoms with E-state index in [2.05, 4.69) is 11.2 Å². The molecule has 1 aliphatic carbocycles. The first-order valence-corrected chi connectivity index (χ1v) is 6.96. The molecule has 0 saturated heterocycles. The van der Waals surface area contributed by atoms with E-state index in [9.17, 15) is 4.79 Å². The number of hydrogen-bond donors (Lipinski definition) is 0. The van der Waals surface area contributed by atoms with Gasteiger partial charge >= 0.3 is 0 Å². The van der Waals surface area contributed by atoms with Gasteiger partial charge in [-0.15, -0.1) is 0 Å². The van der Waals surface area contributed by atoms with E-state index in [4.69, 9.17) is 23.2 Å². The minimum Gasteiger partial charge on any atom is -0.266 e. The topological polar surface area (TPSA) is 34.9 Å². The van der Waals surface area contributed by atoms with Crippen LogP contribution in [0.3, 0.4) is 0 Å². The highest BCUT2D eigenvalue weighted by atomic mass is 35.5. The van der Waals surface area contributed by atoms with Crippen LogP contribution in [0.25, 0.3) is 5.69 Å². The summed E-state index contributed by atoms with van der Waals surface area (Å²) in [5.41, 5.74) is 1.59. The maximum Gasteiger partial charge on any atom is 0.291 e. The van der Waals surface area contributed by atoms with Crippen LogP contribution in [0.1, 0.15) is 30.7 Å². The minimum atomic E-state index is -0.389. The Hall–Kier alpha value is -1.32. The van der Waals surface area contributed by atoms with Gasteiger partial charge in [0.15, 0.2) is 0 Å². The molecule has 1 saturated carbocycles. The van der Waals surface area contributed by atoms with Crippen LogP contribution in [-0.2, 0) is 0 Å². The second-order valence-corrected chi connectivity index (χ2v) is 5.53. The smallest absolute Gasteiger partial charge is 0.266 e. The number of aromatic nitrogens is 2. The van der Waals surface area contributed by atoms with Gasteiger partial charge in [-0.2, -0.15) is 9.78 Å². The van der Waals surface area contributed by atoms with Crippen LogP contribution in [0.2, 0.25) is 10.0 Å². The van der Waals surface area contributed by atoms with E-state index in [1.807, 2.05) is 18.2 Å². The van der Waals surface area contributed by atoms with Crippen molar-refractivity contribution in [3.05, 3.63) is 56.4 Å².